The highest BCUT2D eigenvalue weighted by Crippen LogP contribution is 2.27. The van der Waals surface area contributed by atoms with E-state index in [0.29, 0.717) is 0 Å². The van der Waals surface area contributed by atoms with E-state index in [1.54, 1.807) is 0 Å². The molecular formula is C9H12ClN3O4. The maximum atomic E-state index is 10.8. The van der Waals surface area contributed by atoms with Gasteiger partial charge < -0.3 is 15.1 Å². The summed E-state index contributed by atoms with van der Waals surface area (Å²) in [5, 5.41) is 28.7. The van der Waals surface area contributed by atoms with Gasteiger partial charge >= 0.3 is 5.69 Å². The molecule has 0 radical (unpaired) electrons. The number of nitro groups is 1. The molecular weight excluding hydrogens is 250 g/mol. The van der Waals surface area contributed by atoms with Crippen LogP contribution >= 0.6 is 11.6 Å². The van der Waals surface area contributed by atoms with Gasteiger partial charge in [-0.05, 0) is 0 Å². The summed E-state index contributed by atoms with van der Waals surface area (Å²) in [5.41, 5.74) is -0.251. The summed E-state index contributed by atoms with van der Waals surface area (Å²) in [5.74, 6) is 0.0856. The van der Waals surface area contributed by atoms with Crippen molar-refractivity contribution in [3.05, 3.63) is 27.4 Å². The van der Waals surface area contributed by atoms with Crippen LogP contribution in [-0.2, 0) is 0 Å². The Bertz CT molecular complexity index is 396. The highest BCUT2D eigenvalue weighted by molar-refractivity contribution is 6.30. The first-order valence-corrected chi connectivity index (χ1v) is 5.24. The topological polar surface area (TPSA) is 99.7 Å². The second kappa shape index (κ2) is 6.33. The van der Waals surface area contributed by atoms with Crippen LogP contribution < -0.4 is 4.90 Å². The van der Waals surface area contributed by atoms with E-state index in [-0.39, 0.29) is 42.8 Å². The molecule has 0 amide bonds. The molecule has 1 aromatic heterocycles. The standard InChI is InChI=1S/C9H12ClN3O4/c10-7-5-8(13(16)17)9(11-6-7)12(1-3-14)2-4-15/h5-6,14-15H,1-4H2. The van der Waals surface area contributed by atoms with Gasteiger partial charge in [0.1, 0.15) is 0 Å². The fourth-order valence-electron chi connectivity index (χ4n) is 1.36. The molecule has 0 aliphatic carbocycles. The number of halogens is 1. The minimum absolute atomic E-state index is 0.0856. The van der Waals surface area contributed by atoms with Crippen LogP contribution in [0.3, 0.4) is 0 Å². The van der Waals surface area contributed by atoms with E-state index in [0.717, 1.165) is 0 Å². The van der Waals surface area contributed by atoms with Crippen molar-refractivity contribution in [2.24, 2.45) is 0 Å². The number of hydrogen-bond donors (Lipinski definition) is 2. The summed E-state index contributed by atoms with van der Waals surface area (Å²) in [6.45, 7) is -0.0883. The number of hydrogen-bond acceptors (Lipinski definition) is 6. The molecule has 0 fully saturated rings. The summed E-state index contributed by atoms with van der Waals surface area (Å²) in [6, 6.07) is 1.19. The Balaban J connectivity index is 3.12. The smallest absolute Gasteiger partial charge is 0.313 e. The predicted octanol–water partition coefficient (Wildman–Crippen LogP) is 0.434. The molecule has 0 aliphatic rings. The van der Waals surface area contributed by atoms with Crippen LogP contribution in [-0.4, -0.2) is 46.4 Å². The van der Waals surface area contributed by atoms with Crippen molar-refractivity contribution < 1.29 is 15.1 Å². The summed E-state index contributed by atoms with van der Waals surface area (Å²) in [4.78, 5) is 15.5. The van der Waals surface area contributed by atoms with Crippen LogP contribution in [0, 0.1) is 10.1 Å². The second-order valence-electron chi connectivity index (χ2n) is 3.19. The molecule has 0 aromatic carbocycles. The van der Waals surface area contributed by atoms with Gasteiger partial charge in [0.15, 0.2) is 0 Å². The molecule has 0 aliphatic heterocycles. The lowest BCUT2D eigenvalue weighted by Gasteiger charge is -2.21. The third-order valence-corrected chi connectivity index (χ3v) is 2.26. The van der Waals surface area contributed by atoms with Crippen LogP contribution in [0.2, 0.25) is 5.02 Å². The van der Waals surface area contributed by atoms with Crippen molar-refractivity contribution in [2.75, 3.05) is 31.2 Å². The van der Waals surface area contributed by atoms with Gasteiger partial charge in [0.25, 0.3) is 0 Å². The third-order valence-electron chi connectivity index (χ3n) is 2.05. The molecule has 8 heteroatoms. The van der Waals surface area contributed by atoms with Crippen LogP contribution in [0.15, 0.2) is 12.3 Å². The number of aliphatic hydroxyl groups excluding tert-OH is 2. The monoisotopic (exact) mass is 261 g/mol. The number of aromatic nitrogens is 1. The van der Waals surface area contributed by atoms with E-state index in [1.807, 2.05) is 0 Å². The van der Waals surface area contributed by atoms with Gasteiger partial charge in [-0.3, -0.25) is 10.1 Å². The number of anilines is 1. The van der Waals surface area contributed by atoms with E-state index in [9.17, 15) is 10.1 Å². The highest BCUT2D eigenvalue weighted by Gasteiger charge is 2.21. The van der Waals surface area contributed by atoms with E-state index < -0.39 is 4.92 Å². The fraction of sp³-hybridized carbons (Fsp3) is 0.444. The van der Waals surface area contributed by atoms with E-state index in [2.05, 4.69) is 4.98 Å². The van der Waals surface area contributed by atoms with Crippen LogP contribution in [0.4, 0.5) is 11.5 Å². The lowest BCUT2D eigenvalue weighted by molar-refractivity contribution is -0.384. The maximum Gasteiger partial charge on any atom is 0.313 e. The average Bonchev–Trinajstić information content (AvgIpc) is 2.28. The molecule has 1 heterocycles. The van der Waals surface area contributed by atoms with Gasteiger partial charge in [-0.2, -0.15) is 0 Å². The van der Waals surface area contributed by atoms with Crippen molar-refractivity contribution >= 4 is 23.1 Å². The SMILES string of the molecule is O=[N+]([O-])c1cc(Cl)cnc1N(CCO)CCO. The van der Waals surface area contributed by atoms with Crippen molar-refractivity contribution in [3.63, 3.8) is 0 Å². The number of rotatable bonds is 6. The first kappa shape index (κ1) is 13.6. The van der Waals surface area contributed by atoms with Crippen LogP contribution in [0.5, 0.6) is 0 Å². The molecule has 17 heavy (non-hydrogen) atoms. The van der Waals surface area contributed by atoms with E-state index >= 15 is 0 Å². The normalized spacial score (nSPS) is 10.3. The minimum Gasteiger partial charge on any atom is -0.395 e. The molecule has 7 nitrogen and oxygen atoms in total. The van der Waals surface area contributed by atoms with Gasteiger partial charge in [-0.1, -0.05) is 11.6 Å². The zero-order chi connectivity index (χ0) is 12.8. The Labute approximate surface area is 102 Å². The number of pyridine rings is 1. The van der Waals surface area contributed by atoms with Crippen molar-refractivity contribution in [1.29, 1.82) is 0 Å². The zero-order valence-electron chi connectivity index (χ0n) is 8.91. The first-order valence-electron chi connectivity index (χ1n) is 4.86. The first-order chi connectivity index (χ1) is 8.10. The average molecular weight is 262 g/mol. The second-order valence-corrected chi connectivity index (χ2v) is 3.62. The Morgan fingerprint density at radius 3 is 2.47 bits per heavy atom. The van der Waals surface area contributed by atoms with Gasteiger partial charge in [0, 0.05) is 25.4 Å². The highest BCUT2D eigenvalue weighted by atomic mass is 35.5. The maximum absolute atomic E-state index is 10.8. The van der Waals surface area contributed by atoms with Gasteiger partial charge in [0.2, 0.25) is 5.82 Å². The van der Waals surface area contributed by atoms with Crippen molar-refractivity contribution in [3.8, 4) is 0 Å². The zero-order valence-corrected chi connectivity index (χ0v) is 9.67. The molecule has 1 rings (SSSR count). The van der Waals surface area contributed by atoms with Gasteiger partial charge in [-0.25, -0.2) is 4.98 Å². The fourth-order valence-corrected chi connectivity index (χ4v) is 1.52. The molecule has 2 N–H and O–H groups in total. The molecule has 1 aromatic rings. The molecule has 0 bridgehead atoms. The molecule has 0 unspecified atom stereocenters. The van der Waals surface area contributed by atoms with Crippen LogP contribution in [0.25, 0.3) is 0 Å². The molecule has 0 saturated carbocycles. The summed E-state index contributed by atoms with van der Waals surface area (Å²) >= 11 is 5.64. The molecule has 94 valence electrons. The largest absolute Gasteiger partial charge is 0.395 e. The van der Waals surface area contributed by atoms with Crippen molar-refractivity contribution in [1.82, 2.24) is 4.98 Å². The lowest BCUT2D eigenvalue weighted by Crippen LogP contribution is -2.31. The summed E-state index contributed by atoms with van der Waals surface area (Å²) in [7, 11) is 0. The van der Waals surface area contributed by atoms with Gasteiger partial charge in [0.05, 0.1) is 23.2 Å². The van der Waals surface area contributed by atoms with E-state index in [1.165, 1.54) is 17.2 Å². The number of aliphatic hydroxyl groups is 2. The van der Waals surface area contributed by atoms with Gasteiger partial charge in [-0.15, -0.1) is 0 Å². The predicted molar refractivity (Wildman–Crippen MR) is 62.3 cm³/mol. The van der Waals surface area contributed by atoms with Crippen LogP contribution in [0.1, 0.15) is 0 Å². The van der Waals surface area contributed by atoms with Crippen molar-refractivity contribution in [2.45, 2.75) is 0 Å². The molecule has 0 saturated heterocycles. The summed E-state index contributed by atoms with van der Waals surface area (Å²) in [6.07, 6.45) is 1.28. The Morgan fingerprint density at radius 2 is 2.00 bits per heavy atom. The third kappa shape index (κ3) is 3.52. The lowest BCUT2D eigenvalue weighted by atomic mass is 10.3. The molecule has 0 atom stereocenters. The Kier molecular flexibility index (Phi) is 5.08. The molecule has 0 spiro atoms. The quantitative estimate of drug-likeness (QED) is 0.569. The number of nitrogens with zero attached hydrogens (tertiary/aromatic N) is 3. The summed E-state index contributed by atoms with van der Waals surface area (Å²) < 4.78 is 0. The van der Waals surface area contributed by atoms with E-state index in [4.69, 9.17) is 21.8 Å². The Hall–Kier alpha value is -1.44. The Morgan fingerprint density at radius 1 is 1.41 bits per heavy atom. The minimum atomic E-state index is -0.601.